The first-order valence-corrected chi connectivity index (χ1v) is 6.36. The van der Waals surface area contributed by atoms with Crippen molar-refractivity contribution in [3.8, 4) is 0 Å². The van der Waals surface area contributed by atoms with E-state index in [1.807, 2.05) is 6.92 Å². The quantitative estimate of drug-likeness (QED) is 0.892. The normalized spacial score (nSPS) is 12.4. The first-order chi connectivity index (χ1) is 9.40. The van der Waals surface area contributed by atoms with E-state index in [1.54, 1.807) is 26.8 Å². The summed E-state index contributed by atoms with van der Waals surface area (Å²) < 4.78 is 10.3. The Labute approximate surface area is 116 Å². The van der Waals surface area contributed by atoms with Crippen molar-refractivity contribution in [2.45, 2.75) is 33.8 Å². The number of hydrogen-bond donors (Lipinski definition) is 2. The van der Waals surface area contributed by atoms with E-state index in [9.17, 15) is 9.90 Å². The number of nitrogens with one attached hydrogen (secondary N) is 1. The van der Waals surface area contributed by atoms with Gasteiger partial charge in [-0.2, -0.15) is 0 Å². The Hall–Kier alpha value is -2.08. The van der Waals surface area contributed by atoms with Gasteiger partial charge in [-0.25, -0.2) is 0 Å². The molecule has 0 aliphatic heterocycles. The number of nitrogens with zero attached hydrogens (tertiary/aromatic N) is 1. The number of aryl methyl sites for hydroxylation is 4. The first-order valence-electron chi connectivity index (χ1n) is 6.36. The van der Waals surface area contributed by atoms with Crippen molar-refractivity contribution in [1.29, 1.82) is 0 Å². The van der Waals surface area contributed by atoms with E-state index in [0.29, 0.717) is 28.3 Å². The lowest BCUT2D eigenvalue weighted by atomic mass is 10.1. The van der Waals surface area contributed by atoms with Crippen LogP contribution in [0.2, 0.25) is 0 Å². The van der Waals surface area contributed by atoms with Crippen LogP contribution in [0.25, 0.3) is 0 Å². The van der Waals surface area contributed by atoms with Crippen LogP contribution >= 0.6 is 0 Å². The zero-order valence-electron chi connectivity index (χ0n) is 12.0. The number of amides is 1. The summed E-state index contributed by atoms with van der Waals surface area (Å²) in [4.78, 5) is 12.0. The molecule has 0 fully saturated rings. The van der Waals surface area contributed by atoms with Gasteiger partial charge in [0.15, 0.2) is 0 Å². The van der Waals surface area contributed by atoms with E-state index in [4.69, 9.17) is 8.94 Å². The molecule has 0 aliphatic carbocycles. The van der Waals surface area contributed by atoms with Crippen LogP contribution in [0.4, 0.5) is 0 Å². The monoisotopic (exact) mass is 278 g/mol. The fraction of sp³-hybridized carbons (Fsp3) is 0.429. The molecule has 0 aromatic carbocycles. The summed E-state index contributed by atoms with van der Waals surface area (Å²) in [7, 11) is 0. The van der Waals surface area contributed by atoms with E-state index in [-0.39, 0.29) is 12.5 Å². The predicted molar refractivity (Wildman–Crippen MR) is 71.5 cm³/mol. The Balaban J connectivity index is 2.02. The Bertz CT molecular complexity index is 608. The number of aromatic nitrogens is 1. The Morgan fingerprint density at radius 3 is 2.55 bits per heavy atom. The van der Waals surface area contributed by atoms with Crippen molar-refractivity contribution in [1.82, 2.24) is 10.5 Å². The molecule has 2 aromatic heterocycles. The fourth-order valence-corrected chi connectivity index (χ4v) is 2.18. The molecule has 20 heavy (non-hydrogen) atoms. The summed E-state index contributed by atoms with van der Waals surface area (Å²) in [6, 6.07) is 1.77. The summed E-state index contributed by atoms with van der Waals surface area (Å²) in [5.41, 5.74) is 1.63. The second kappa shape index (κ2) is 5.50. The van der Waals surface area contributed by atoms with E-state index < -0.39 is 6.10 Å². The number of aliphatic hydroxyl groups excluding tert-OH is 1. The van der Waals surface area contributed by atoms with E-state index in [0.717, 1.165) is 5.76 Å². The number of carbonyl (C=O) groups excluding carboxylic acids is 1. The maximum atomic E-state index is 12.0. The van der Waals surface area contributed by atoms with Gasteiger partial charge >= 0.3 is 0 Å². The molecule has 0 saturated carbocycles. The highest BCUT2D eigenvalue weighted by atomic mass is 16.5. The van der Waals surface area contributed by atoms with Gasteiger partial charge in [0.1, 0.15) is 22.8 Å². The molecule has 2 aromatic rings. The van der Waals surface area contributed by atoms with Gasteiger partial charge < -0.3 is 19.4 Å². The zero-order valence-corrected chi connectivity index (χ0v) is 12.0. The van der Waals surface area contributed by atoms with Crippen LogP contribution in [0.5, 0.6) is 0 Å². The summed E-state index contributed by atoms with van der Waals surface area (Å²) in [5.74, 6) is 1.54. The largest absolute Gasteiger partial charge is 0.466 e. The lowest BCUT2D eigenvalue weighted by Gasteiger charge is -2.11. The van der Waals surface area contributed by atoms with Crippen LogP contribution in [0.3, 0.4) is 0 Å². The Morgan fingerprint density at radius 2 is 2.05 bits per heavy atom. The lowest BCUT2D eigenvalue weighted by Crippen LogP contribution is -2.29. The van der Waals surface area contributed by atoms with Crippen LogP contribution in [-0.2, 0) is 0 Å². The van der Waals surface area contributed by atoms with Crippen LogP contribution in [0.1, 0.15) is 45.0 Å². The van der Waals surface area contributed by atoms with E-state index in [2.05, 4.69) is 10.5 Å². The Kier molecular flexibility index (Phi) is 3.94. The molecular formula is C14H18N2O4. The molecule has 0 spiro atoms. The molecule has 0 aliphatic rings. The maximum Gasteiger partial charge on any atom is 0.256 e. The second-order valence-corrected chi connectivity index (χ2v) is 4.79. The third kappa shape index (κ3) is 2.75. The van der Waals surface area contributed by atoms with Crippen LogP contribution < -0.4 is 5.32 Å². The average molecular weight is 278 g/mol. The summed E-state index contributed by atoms with van der Waals surface area (Å²) in [6.45, 7) is 7.07. The smallest absolute Gasteiger partial charge is 0.256 e. The number of furan rings is 1. The van der Waals surface area contributed by atoms with Gasteiger partial charge in [-0.3, -0.25) is 4.79 Å². The molecule has 0 saturated heterocycles. The molecule has 2 rings (SSSR count). The molecule has 6 nitrogen and oxygen atoms in total. The summed E-state index contributed by atoms with van der Waals surface area (Å²) >= 11 is 0. The van der Waals surface area contributed by atoms with Crippen molar-refractivity contribution < 1.29 is 18.8 Å². The molecule has 2 heterocycles. The molecule has 108 valence electrons. The van der Waals surface area contributed by atoms with Crippen molar-refractivity contribution in [3.63, 3.8) is 0 Å². The zero-order chi connectivity index (χ0) is 14.9. The van der Waals surface area contributed by atoms with Crippen molar-refractivity contribution in [2.75, 3.05) is 6.54 Å². The van der Waals surface area contributed by atoms with Crippen molar-refractivity contribution in [3.05, 3.63) is 40.2 Å². The minimum atomic E-state index is -0.808. The molecule has 1 unspecified atom stereocenters. The first kappa shape index (κ1) is 14.3. The summed E-state index contributed by atoms with van der Waals surface area (Å²) in [6.07, 6.45) is -0.808. The third-order valence-electron chi connectivity index (χ3n) is 3.15. The SMILES string of the molecule is Cc1cc(C(O)CNC(=O)c2c(C)noc2C)c(C)o1. The topological polar surface area (TPSA) is 88.5 Å². The van der Waals surface area contributed by atoms with E-state index in [1.165, 1.54) is 0 Å². The fourth-order valence-electron chi connectivity index (χ4n) is 2.18. The van der Waals surface area contributed by atoms with Gasteiger partial charge in [0.2, 0.25) is 0 Å². The minimum absolute atomic E-state index is 0.0999. The minimum Gasteiger partial charge on any atom is -0.466 e. The van der Waals surface area contributed by atoms with Gasteiger partial charge in [-0.15, -0.1) is 0 Å². The van der Waals surface area contributed by atoms with Crippen LogP contribution in [0, 0.1) is 27.7 Å². The second-order valence-electron chi connectivity index (χ2n) is 4.79. The number of hydrogen-bond acceptors (Lipinski definition) is 5. The molecule has 2 N–H and O–H groups in total. The number of aliphatic hydroxyl groups is 1. The maximum absolute atomic E-state index is 12.0. The Morgan fingerprint density at radius 1 is 1.35 bits per heavy atom. The molecule has 6 heteroatoms. The molecule has 0 radical (unpaired) electrons. The molecule has 0 bridgehead atoms. The van der Waals surface area contributed by atoms with Gasteiger partial charge in [0, 0.05) is 12.1 Å². The van der Waals surface area contributed by atoms with Gasteiger partial charge in [-0.05, 0) is 33.8 Å². The van der Waals surface area contributed by atoms with Crippen LogP contribution in [-0.4, -0.2) is 22.7 Å². The number of carbonyl (C=O) groups is 1. The third-order valence-corrected chi connectivity index (χ3v) is 3.15. The van der Waals surface area contributed by atoms with E-state index >= 15 is 0 Å². The molecule has 1 amide bonds. The molecule has 1 atom stereocenters. The van der Waals surface area contributed by atoms with Gasteiger partial charge in [0.05, 0.1) is 11.8 Å². The summed E-state index contributed by atoms with van der Waals surface area (Å²) in [5, 5.41) is 16.5. The number of rotatable bonds is 4. The highest BCUT2D eigenvalue weighted by Gasteiger charge is 2.20. The average Bonchev–Trinajstić information content (AvgIpc) is 2.89. The lowest BCUT2D eigenvalue weighted by molar-refractivity contribution is 0.0913. The predicted octanol–water partition coefficient (Wildman–Crippen LogP) is 1.96. The highest BCUT2D eigenvalue weighted by molar-refractivity contribution is 5.96. The van der Waals surface area contributed by atoms with Gasteiger partial charge in [-0.1, -0.05) is 5.16 Å². The highest BCUT2D eigenvalue weighted by Crippen LogP contribution is 2.21. The molecular weight excluding hydrogens is 260 g/mol. The van der Waals surface area contributed by atoms with Crippen molar-refractivity contribution in [2.24, 2.45) is 0 Å². The van der Waals surface area contributed by atoms with Crippen molar-refractivity contribution >= 4 is 5.91 Å². The van der Waals surface area contributed by atoms with Gasteiger partial charge in [0.25, 0.3) is 5.91 Å². The van der Waals surface area contributed by atoms with Crippen LogP contribution in [0.15, 0.2) is 15.0 Å². The standard InChI is InChI=1S/C14H18N2O4/c1-7-5-11(9(3)19-7)12(17)6-15-14(18)13-8(2)16-20-10(13)4/h5,12,17H,6H2,1-4H3,(H,15,18).